The standard InChI is InChI=1S/C19H18N2O2/c22-19(23-17-9-5-2-6-10-17)13-18-20-14-16(21-18)12-11-15-7-3-1-4-8-15/h1-10,14H,11-13H2,(H,20,21). The van der Waals surface area contributed by atoms with E-state index in [4.69, 9.17) is 4.74 Å². The van der Waals surface area contributed by atoms with Crippen LogP contribution in [0.1, 0.15) is 17.1 Å². The molecule has 1 N–H and O–H groups in total. The van der Waals surface area contributed by atoms with Gasteiger partial charge in [-0.1, -0.05) is 48.5 Å². The quantitative estimate of drug-likeness (QED) is 0.561. The summed E-state index contributed by atoms with van der Waals surface area (Å²) >= 11 is 0. The van der Waals surface area contributed by atoms with Crippen molar-refractivity contribution in [3.05, 3.63) is 83.9 Å². The summed E-state index contributed by atoms with van der Waals surface area (Å²) in [6, 6.07) is 19.3. The van der Waals surface area contributed by atoms with Gasteiger partial charge in [-0.15, -0.1) is 0 Å². The summed E-state index contributed by atoms with van der Waals surface area (Å²) in [5.74, 6) is 0.863. The summed E-state index contributed by atoms with van der Waals surface area (Å²) in [6.45, 7) is 0. The number of rotatable bonds is 6. The lowest BCUT2D eigenvalue weighted by molar-refractivity contribution is -0.133. The Hall–Kier alpha value is -2.88. The van der Waals surface area contributed by atoms with E-state index in [1.54, 1.807) is 18.3 Å². The van der Waals surface area contributed by atoms with Crippen LogP contribution in [0.5, 0.6) is 5.75 Å². The highest BCUT2D eigenvalue weighted by Crippen LogP contribution is 2.10. The SMILES string of the molecule is O=C(Cc1ncc(CCc2ccccc2)[nH]1)Oc1ccccc1. The minimum absolute atomic E-state index is 0.139. The second-order valence-electron chi connectivity index (χ2n) is 5.30. The molecular formula is C19H18N2O2. The first kappa shape index (κ1) is 15.0. The number of para-hydroxylation sites is 1. The van der Waals surface area contributed by atoms with Crippen molar-refractivity contribution in [3.63, 3.8) is 0 Å². The number of esters is 1. The second-order valence-corrected chi connectivity index (χ2v) is 5.30. The van der Waals surface area contributed by atoms with Crippen molar-refractivity contribution >= 4 is 5.97 Å². The molecule has 1 heterocycles. The molecule has 0 saturated carbocycles. The molecule has 0 aliphatic heterocycles. The molecule has 116 valence electrons. The van der Waals surface area contributed by atoms with Crippen LogP contribution in [0.3, 0.4) is 0 Å². The van der Waals surface area contributed by atoms with Gasteiger partial charge in [-0.25, -0.2) is 4.98 Å². The molecule has 4 heteroatoms. The van der Waals surface area contributed by atoms with Crippen LogP contribution in [0.4, 0.5) is 0 Å². The van der Waals surface area contributed by atoms with Gasteiger partial charge < -0.3 is 9.72 Å². The minimum Gasteiger partial charge on any atom is -0.426 e. The third-order valence-electron chi connectivity index (χ3n) is 3.49. The Morgan fingerprint density at radius 1 is 0.957 bits per heavy atom. The van der Waals surface area contributed by atoms with Crippen LogP contribution in [0, 0.1) is 0 Å². The van der Waals surface area contributed by atoms with Crippen LogP contribution in [-0.2, 0) is 24.1 Å². The molecule has 0 bridgehead atoms. The summed E-state index contributed by atoms with van der Waals surface area (Å²) in [4.78, 5) is 19.3. The summed E-state index contributed by atoms with van der Waals surface area (Å²) in [7, 11) is 0. The fraction of sp³-hybridized carbons (Fsp3) is 0.158. The Balaban J connectivity index is 1.52. The van der Waals surface area contributed by atoms with Gasteiger partial charge in [-0.2, -0.15) is 0 Å². The Bertz CT molecular complexity index is 751. The molecular weight excluding hydrogens is 288 g/mol. The molecule has 0 saturated heterocycles. The maximum atomic E-state index is 11.9. The predicted octanol–water partition coefficient (Wildman–Crippen LogP) is 3.34. The highest BCUT2D eigenvalue weighted by atomic mass is 16.5. The maximum Gasteiger partial charge on any atom is 0.318 e. The summed E-state index contributed by atoms with van der Waals surface area (Å²) in [6.07, 6.45) is 3.73. The molecule has 0 atom stereocenters. The molecule has 3 aromatic rings. The van der Waals surface area contributed by atoms with Crippen molar-refractivity contribution in [2.75, 3.05) is 0 Å². The third-order valence-corrected chi connectivity index (χ3v) is 3.49. The molecule has 0 unspecified atom stereocenters. The monoisotopic (exact) mass is 306 g/mol. The third kappa shape index (κ3) is 4.54. The Labute approximate surface area is 135 Å². The number of aromatic amines is 1. The lowest BCUT2D eigenvalue weighted by Gasteiger charge is -2.02. The normalized spacial score (nSPS) is 10.4. The topological polar surface area (TPSA) is 55.0 Å². The molecule has 3 rings (SSSR count). The Kier molecular flexibility index (Phi) is 4.84. The van der Waals surface area contributed by atoms with Crippen LogP contribution in [-0.4, -0.2) is 15.9 Å². The predicted molar refractivity (Wildman–Crippen MR) is 88.2 cm³/mol. The van der Waals surface area contributed by atoms with E-state index in [9.17, 15) is 4.79 Å². The molecule has 0 radical (unpaired) electrons. The summed E-state index contributed by atoms with van der Waals surface area (Å²) < 4.78 is 5.26. The van der Waals surface area contributed by atoms with Crippen LogP contribution >= 0.6 is 0 Å². The average Bonchev–Trinajstić information content (AvgIpc) is 3.02. The number of carbonyl (C=O) groups is 1. The second kappa shape index (κ2) is 7.40. The Morgan fingerprint density at radius 3 is 2.39 bits per heavy atom. The first-order chi connectivity index (χ1) is 11.3. The van der Waals surface area contributed by atoms with E-state index in [0.29, 0.717) is 11.6 Å². The van der Waals surface area contributed by atoms with Crippen LogP contribution in [0.25, 0.3) is 0 Å². The van der Waals surface area contributed by atoms with Gasteiger partial charge in [-0.3, -0.25) is 4.79 Å². The molecule has 0 aliphatic carbocycles. The average molecular weight is 306 g/mol. The van der Waals surface area contributed by atoms with Crippen molar-refractivity contribution < 1.29 is 9.53 Å². The van der Waals surface area contributed by atoms with Gasteiger partial charge in [-0.05, 0) is 30.5 Å². The van der Waals surface area contributed by atoms with Gasteiger partial charge >= 0.3 is 5.97 Å². The first-order valence-electron chi connectivity index (χ1n) is 7.62. The zero-order valence-electron chi connectivity index (χ0n) is 12.7. The molecule has 0 spiro atoms. The number of hydrogen-bond acceptors (Lipinski definition) is 3. The lowest BCUT2D eigenvalue weighted by Crippen LogP contribution is -2.12. The van der Waals surface area contributed by atoms with Crippen LogP contribution < -0.4 is 4.74 Å². The number of aromatic nitrogens is 2. The highest BCUT2D eigenvalue weighted by molar-refractivity contribution is 5.74. The number of H-pyrrole nitrogens is 1. The van der Waals surface area contributed by atoms with E-state index in [1.165, 1.54) is 5.56 Å². The number of aryl methyl sites for hydroxylation is 2. The van der Waals surface area contributed by atoms with Gasteiger partial charge in [0, 0.05) is 11.9 Å². The maximum absolute atomic E-state index is 11.9. The number of imidazole rings is 1. The lowest BCUT2D eigenvalue weighted by atomic mass is 10.1. The fourth-order valence-electron chi connectivity index (χ4n) is 2.34. The number of benzene rings is 2. The van der Waals surface area contributed by atoms with E-state index in [1.807, 2.05) is 36.4 Å². The largest absolute Gasteiger partial charge is 0.426 e. The molecule has 1 aromatic heterocycles. The van der Waals surface area contributed by atoms with E-state index in [-0.39, 0.29) is 12.4 Å². The smallest absolute Gasteiger partial charge is 0.318 e. The molecule has 4 nitrogen and oxygen atoms in total. The zero-order valence-corrected chi connectivity index (χ0v) is 12.7. The number of nitrogens with zero attached hydrogens (tertiary/aromatic N) is 1. The van der Waals surface area contributed by atoms with Gasteiger partial charge in [0.2, 0.25) is 0 Å². The van der Waals surface area contributed by atoms with Crippen LogP contribution in [0.15, 0.2) is 66.9 Å². The van der Waals surface area contributed by atoms with Gasteiger partial charge in [0.05, 0.1) is 0 Å². The number of ether oxygens (including phenoxy) is 1. The van der Waals surface area contributed by atoms with Crippen molar-refractivity contribution in [1.29, 1.82) is 0 Å². The van der Waals surface area contributed by atoms with Crippen molar-refractivity contribution in [3.8, 4) is 5.75 Å². The van der Waals surface area contributed by atoms with Gasteiger partial charge in [0.25, 0.3) is 0 Å². The minimum atomic E-state index is -0.319. The zero-order chi connectivity index (χ0) is 15.9. The highest BCUT2D eigenvalue weighted by Gasteiger charge is 2.09. The summed E-state index contributed by atoms with van der Waals surface area (Å²) in [5, 5.41) is 0. The molecule has 23 heavy (non-hydrogen) atoms. The number of hydrogen-bond donors (Lipinski definition) is 1. The van der Waals surface area contributed by atoms with Crippen molar-refractivity contribution in [2.24, 2.45) is 0 Å². The molecule has 2 aromatic carbocycles. The van der Waals surface area contributed by atoms with E-state index >= 15 is 0 Å². The number of nitrogens with one attached hydrogen (secondary N) is 1. The molecule has 0 fully saturated rings. The van der Waals surface area contributed by atoms with Crippen molar-refractivity contribution in [1.82, 2.24) is 9.97 Å². The van der Waals surface area contributed by atoms with Crippen LogP contribution in [0.2, 0.25) is 0 Å². The van der Waals surface area contributed by atoms with Crippen molar-refractivity contribution in [2.45, 2.75) is 19.3 Å². The molecule has 0 amide bonds. The van der Waals surface area contributed by atoms with Gasteiger partial charge in [0.1, 0.15) is 18.0 Å². The van der Waals surface area contributed by atoms with E-state index < -0.39 is 0 Å². The molecule has 0 aliphatic rings. The summed E-state index contributed by atoms with van der Waals surface area (Å²) in [5.41, 5.74) is 2.31. The van der Waals surface area contributed by atoms with E-state index in [2.05, 4.69) is 22.1 Å². The first-order valence-corrected chi connectivity index (χ1v) is 7.62. The number of carbonyl (C=O) groups excluding carboxylic acids is 1. The van der Waals surface area contributed by atoms with Gasteiger partial charge in [0.15, 0.2) is 0 Å². The van der Waals surface area contributed by atoms with E-state index in [0.717, 1.165) is 18.5 Å². The Morgan fingerprint density at radius 2 is 1.65 bits per heavy atom. The fourth-order valence-corrected chi connectivity index (χ4v) is 2.34.